The first kappa shape index (κ1) is 27.0. The molecule has 0 saturated heterocycles. The maximum atomic E-state index is 13.4. The van der Waals surface area contributed by atoms with Crippen molar-refractivity contribution in [1.29, 1.82) is 0 Å². The van der Waals surface area contributed by atoms with Crippen LogP contribution >= 0.6 is 11.6 Å². The van der Waals surface area contributed by atoms with Gasteiger partial charge in [0.2, 0.25) is 0 Å². The molecular weight excluding hydrogens is 538 g/mol. The molecule has 13 heteroatoms. The Morgan fingerprint density at radius 3 is 2.24 bits per heavy atom. The second-order valence-corrected chi connectivity index (χ2v) is 8.62. The number of aromatic nitrogens is 3. The molecule has 38 heavy (non-hydrogen) atoms. The highest BCUT2D eigenvalue weighted by Crippen LogP contribution is 2.37. The van der Waals surface area contributed by atoms with Crippen LogP contribution in [0.5, 0.6) is 5.75 Å². The summed E-state index contributed by atoms with van der Waals surface area (Å²) in [6.45, 7) is -0.125. The number of hydrogen-bond acceptors (Lipinski definition) is 4. The smallest absolute Gasteiger partial charge is 0.433 e. The number of pyridine rings is 1. The molecule has 6 nitrogen and oxygen atoms in total. The number of hydrogen-bond donors (Lipinski definition) is 1. The minimum Gasteiger partial charge on any atom is -0.507 e. The molecule has 0 aliphatic heterocycles. The van der Waals surface area contributed by atoms with Gasteiger partial charge in [0.25, 0.3) is 5.91 Å². The molecule has 198 valence electrons. The van der Waals surface area contributed by atoms with Gasteiger partial charge in [0.1, 0.15) is 17.1 Å². The van der Waals surface area contributed by atoms with E-state index in [1.54, 1.807) is 24.3 Å². The number of rotatable bonds is 5. The number of benzene rings is 2. The van der Waals surface area contributed by atoms with Gasteiger partial charge in [0.05, 0.1) is 12.2 Å². The number of anilines is 1. The van der Waals surface area contributed by atoms with Gasteiger partial charge in [-0.05, 0) is 48.0 Å². The summed E-state index contributed by atoms with van der Waals surface area (Å²) in [5, 5.41) is 14.9. The Hall–Kier alpha value is -4.06. The fourth-order valence-corrected chi connectivity index (χ4v) is 3.82. The van der Waals surface area contributed by atoms with Crippen molar-refractivity contribution in [2.24, 2.45) is 7.05 Å². The number of aryl methyl sites for hydroxylation is 1. The minimum atomic E-state index is -4.78. The molecular formula is C25H17ClF6N4O2. The van der Waals surface area contributed by atoms with E-state index < -0.39 is 35.4 Å². The fourth-order valence-electron chi connectivity index (χ4n) is 3.70. The van der Waals surface area contributed by atoms with Gasteiger partial charge in [-0.3, -0.25) is 14.5 Å². The van der Waals surface area contributed by atoms with E-state index in [1.165, 1.54) is 12.1 Å². The van der Waals surface area contributed by atoms with Crippen LogP contribution in [0.25, 0.3) is 11.3 Å². The number of carbonyl (C=O) groups excluding carboxylic acids is 1. The van der Waals surface area contributed by atoms with Crippen LogP contribution in [0.3, 0.4) is 0 Å². The maximum absolute atomic E-state index is 13.4. The van der Waals surface area contributed by atoms with E-state index in [4.69, 9.17) is 11.6 Å². The lowest BCUT2D eigenvalue weighted by Crippen LogP contribution is -2.30. The summed E-state index contributed by atoms with van der Waals surface area (Å²) in [5.74, 6) is -1.33. The number of phenols is 1. The topological polar surface area (TPSA) is 71.2 Å². The van der Waals surface area contributed by atoms with Gasteiger partial charge >= 0.3 is 12.4 Å². The first-order chi connectivity index (χ1) is 17.7. The van der Waals surface area contributed by atoms with Crippen molar-refractivity contribution in [3.63, 3.8) is 0 Å². The number of alkyl halides is 6. The minimum absolute atomic E-state index is 0.0398. The molecule has 2 aromatic heterocycles. The molecule has 1 N–H and O–H groups in total. The molecule has 0 saturated carbocycles. The summed E-state index contributed by atoms with van der Waals surface area (Å²) >= 11 is 5.92. The first-order valence-corrected chi connectivity index (χ1v) is 11.2. The van der Waals surface area contributed by atoms with Gasteiger partial charge in [0, 0.05) is 41.1 Å². The van der Waals surface area contributed by atoms with Crippen LogP contribution in [0.15, 0.2) is 66.9 Å². The van der Waals surface area contributed by atoms with Crippen LogP contribution in [0.4, 0.5) is 32.0 Å². The molecule has 0 radical (unpaired) electrons. The van der Waals surface area contributed by atoms with E-state index in [2.05, 4.69) is 10.1 Å². The Kier molecular flexibility index (Phi) is 7.11. The third kappa shape index (κ3) is 5.75. The van der Waals surface area contributed by atoms with Gasteiger partial charge in [-0.25, -0.2) is 0 Å². The summed E-state index contributed by atoms with van der Waals surface area (Å²) in [5.41, 5.74) is -2.17. The molecule has 0 fully saturated rings. The van der Waals surface area contributed by atoms with E-state index in [0.29, 0.717) is 21.3 Å². The van der Waals surface area contributed by atoms with Crippen molar-refractivity contribution in [3.05, 3.63) is 94.4 Å². The highest BCUT2D eigenvalue weighted by atomic mass is 35.5. The van der Waals surface area contributed by atoms with Crippen LogP contribution in [0, 0.1) is 0 Å². The van der Waals surface area contributed by atoms with Gasteiger partial charge in [0.15, 0.2) is 0 Å². The van der Waals surface area contributed by atoms with Crippen molar-refractivity contribution in [1.82, 2.24) is 14.8 Å². The largest absolute Gasteiger partial charge is 0.507 e. The number of nitrogens with zero attached hydrogens (tertiary/aromatic N) is 4. The predicted molar refractivity (Wildman–Crippen MR) is 127 cm³/mol. The summed E-state index contributed by atoms with van der Waals surface area (Å²) in [7, 11) is 1.11. The molecule has 2 heterocycles. The number of carbonyl (C=O) groups is 1. The molecule has 0 unspecified atom stereocenters. The molecule has 2 aromatic carbocycles. The zero-order chi connectivity index (χ0) is 27.8. The monoisotopic (exact) mass is 554 g/mol. The zero-order valence-corrected chi connectivity index (χ0v) is 20.1. The van der Waals surface area contributed by atoms with Gasteiger partial charge in [-0.2, -0.15) is 31.4 Å². The predicted octanol–water partition coefficient (Wildman–Crippen LogP) is 6.73. The Balaban J connectivity index is 1.75. The molecule has 1 amide bonds. The number of halogens is 7. The quantitative estimate of drug-likeness (QED) is 0.278. The lowest BCUT2D eigenvalue weighted by molar-refractivity contribution is -0.143. The Bertz CT molecular complexity index is 1480. The van der Waals surface area contributed by atoms with E-state index in [9.17, 15) is 36.2 Å². The van der Waals surface area contributed by atoms with Crippen LogP contribution in [-0.2, 0) is 25.9 Å². The van der Waals surface area contributed by atoms with Crippen LogP contribution < -0.4 is 4.90 Å². The highest BCUT2D eigenvalue weighted by Gasteiger charge is 2.36. The maximum Gasteiger partial charge on any atom is 0.433 e. The average Bonchev–Trinajstić information content (AvgIpc) is 3.24. The van der Waals surface area contributed by atoms with Crippen molar-refractivity contribution in [2.75, 3.05) is 4.90 Å². The van der Waals surface area contributed by atoms with Gasteiger partial charge < -0.3 is 10.0 Å². The fraction of sp³-hybridized carbons (Fsp3) is 0.160. The molecule has 4 aromatic rings. The first-order valence-electron chi connectivity index (χ1n) is 10.8. The summed E-state index contributed by atoms with van der Waals surface area (Å²) < 4.78 is 79.7. The third-order valence-electron chi connectivity index (χ3n) is 5.54. The van der Waals surface area contributed by atoms with Gasteiger partial charge in [-0.1, -0.05) is 23.7 Å². The number of phenolic OH excluding ortho intramolecular Hbond substituents is 1. The van der Waals surface area contributed by atoms with Crippen molar-refractivity contribution < 1.29 is 36.2 Å². The highest BCUT2D eigenvalue weighted by molar-refractivity contribution is 6.30. The van der Waals surface area contributed by atoms with E-state index in [0.717, 1.165) is 36.3 Å². The second-order valence-electron chi connectivity index (χ2n) is 8.18. The van der Waals surface area contributed by atoms with E-state index in [-0.39, 0.29) is 29.1 Å². The SMILES string of the molecule is Cn1nc(-c2ccc(N(Cc3ccc(Cl)cc3)C(=O)c3ccnc(C(F)(F)F)c3)cc2O)cc1C(F)(F)F. The molecule has 0 aliphatic rings. The molecule has 0 spiro atoms. The normalized spacial score (nSPS) is 12.0. The molecule has 0 atom stereocenters. The molecule has 0 bridgehead atoms. The summed E-state index contributed by atoms with van der Waals surface area (Å²) in [6, 6.07) is 12.6. The third-order valence-corrected chi connectivity index (χ3v) is 5.79. The molecule has 0 aliphatic carbocycles. The molecule has 4 rings (SSSR count). The van der Waals surface area contributed by atoms with Crippen LogP contribution in [0.1, 0.15) is 27.3 Å². The summed E-state index contributed by atoms with van der Waals surface area (Å²) in [4.78, 5) is 17.8. The average molecular weight is 555 g/mol. The Morgan fingerprint density at radius 1 is 0.974 bits per heavy atom. The Labute approximate surface area is 216 Å². The van der Waals surface area contributed by atoms with Crippen molar-refractivity contribution in [3.8, 4) is 17.0 Å². The second kappa shape index (κ2) is 10.0. The van der Waals surface area contributed by atoms with E-state index in [1.807, 2.05) is 0 Å². The number of amides is 1. The lowest BCUT2D eigenvalue weighted by Gasteiger charge is -2.24. The lowest BCUT2D eigenvalue weighted by atomic mass is 10.1. The van der Waals surface area contributed by atoms with Crippen LogP contribution in [-0.4, -0.2) is 25.8 Å². The zero-order valence-electron chi connectivity index (χ0n) is 19.3. The number of aromatic hydroxyl groups is 1. The summed E-state index contributed by atoms with van der Waals surface area (Å²) in [6.07, 6.45) is -8.59. The van der Waals surface area contributed by atoms with Crippen molar-refractivity contribution in [2.45, 2.75) is 18.9 Å². The van der Waals surface area contributed by atoms with E-state index >= 15 is 0 Å². The van der Waals surface area contributed by atoms with Crippen molar-refractivity contribution >= 4 is 23.2 Å². The Morgan fingerprint density at radius 2 is 1.66 bits per heavy atom. The van der Waals surface area contributed by atoms with Gasteiger partial charge in [-0.15, -0.1) is 0 Å². The van der Waals surface area contributed by atoms with Crippen LogP contribution in [0.2, 0.25) is 5.02 Å². The standard InChI is InChI=1S/C25H17ClF6N4O2/c1-35-22(25(30,31)32)12-19(34-35)18-7-6-17(11-20(18)37)36(13-14-2-4-16(26)5-3-14)23(38)15-8-9-33-21(10-15)24(27,28)29/h2-12,37H,13H2,1H3.